The molecule has 8 atom stereocenters. The topological polar surface area (TPSA) is 244 Å². The van der Waals surface area contributed by atoms with Gasteiger partial charge in [-0.25, -0.2) is 0 Å². The van der Waals surface area contributed by atoms with Gasteiger partial charge in [0.15, 0.2) is 29.6 Å². The summed E-state index contributed by atoms with van der Waals surface area (Å²) in [5, 5.41) is 50.6. The number of carboxylic acid groups (broad SMARTS) is 1. The van der Waals surface area contributed by atoms with Crippen molar-refractivity contribution in [3.8, 4) is 34.5 Å². The molecule has 3 aromatic rings. The number of phenols is 1. The van der Waals surface area contributed by atoms with Crippen LogP contribution in [0.3, 0.4) is 0 Å². The SMILES string of the molecule is CC(C)Cc1c2c(cc3c1OC1c4cc(OOC5C(OCCN)OC(COC(=O)CC(=O)O)C(O)C5O)cc(Cc5ccc(O)cc5)c4OCC31)OC(CO)O2. The molecule has 1 fully saturated rings. The predicted octanol–water partition coefficient (Wildman–Crippen LogP) is 2.00. The van der Waals surface area contributed by atoms with Crippen molar-refractivity contribution in [2.24, 2.45) is 11.7 Å². The fourth-order valence-corrected chi connectivity index (χ4v) is 7.31. The first-order chi connectivity index (χ1) is 26.9. The molecule has 1 saturated heterocycles. The summed E-state index contributed by atoms with van der Waals surface area (Å²) in [4.78, 5) is 34.3. The van der Waals surface area contributed by atoms with E-state index in [0.29, 0.717) is 47.0 Å². The molecule has 0 aromatic heterocycles. The standard InChI is InChI=1S/C39H45NO16/c1-18(2)9-24-35-23(13-27-37(24)53-31(15-41)51-27)26-16-50-34-20(10-19-3-5-21(42)6-4-19)11-22(12-25(34)36(26)54-35)55-56-38-33(47)32(46)28(52-39(38)48-8-7-40)17-49-30(45)14-29(43)44/h3-6,11-13,18,26,28,31-33,36,38-39,41-42,46-47H,7-10,14-17,40H2,1-2H3,(H,43,44). The van der Waals surface area contributed by atoms with Gasteiger partial charge in [0.2, 0.25) is 0 Å². The van der Waals surface area contributed by atoms with Crippen LogP contribution in [0.15, 0.2) is 42.5 Å². The number of fused-ring (bicyclic) bond motifs is 6. The number of carboxylic acids is 1. The van der Waals surface area contributed by atoms with Crippen LogP contribution in [0.1, 0.15) is 60.1 Å². The lowest BCUT2D eigenvalue weighted by Gasteiger charge is -2.41. The van der Waals surface area contributed by atoms with E-state index in [1.54, 1.807) is 36.4 Å². The maximum Gasteiger partial charge on any atom is 0.317 e. The molecule has 0 spiro atoms. The molecule has 0 aliphatic carbocycles. The van der Waals surface area contributed by atoms with E-state index in [4.69, 9.17) is 53.8 Å². The molecule has 4 aliphatic heterocycles. The van der Waals surface area contributed by atoms with E-state index < -0.39 is 68.1 Å². The highest BCUT2D eigenvalue weighted by Gasteiger charge is 2.49. The number of benzene rings is 3. The quantitative estimate of drug-likeness (QED) is 0.0559. The van der Waals surface area contributed by atoms with Gasteiger partial charge in [0.25, 0.3) is 6.29 Å². The Morgan fingerprint density at radius 1 is 0.982 bits per heavy atom. The first-order valence-electron chi connectivity index (χ1n) is 18.4. The fourth-order valence-electron chi connectivity index (χ4n) is 7.31. The van der Waals surface area contributed by atoms with Gasteiger partial charge < -0.3 is 69.3 Å². The average molecular weight is 784 g/mol. The van der Waals surface area contributed by atoms with Crippen LogP contribution in [0.25, 0.3) is 0 Å². The van der Waals surface area contributed by atoms with Gasteiger partial charge in [0.05, 0.1) is 19.1 Å². The number of aromatic hydroxyl groups is 1. The van der Waals surface area contributed by atoms with Gasteiger partial charge in [0.1, 0.15) is 61.3 Å². The molecule has 4 heterocycles. The number of rotatable bonds is 15. The highest BCUT2D eigenvalue weighted by Crippen LogP contribution is 2.58. The molecular weight excluding hydrogens is 738 g/mol. The lowest BCUT2D eigenvalue weighted by molar-refractivity contribution is -0.372. The van der Waals surface area contributed by atoms with Gasteiger partial charge in [-0.15, -0.1) is 0 Å². The monoisotopic (exact) mass is 783 g/mol. The molecule has 0 saturated carbocycles. The fraction of sp³-hybridized carbons (Fsp3) is 0.487. The van der Waals surface area contributed by atoms with Crippen LogP contribution in [0.2, 0.25) is 0 Å². The summed E-state index contributed by atoms with van der Waals surface area (Å²) in [7, 11) is 0. The van der Waals surface area contributed by atoms with Gasteiger partial charge in [-0.3, -0.25) is 9.59 Å². The van der Waals surface area contributed by atoms with E-state index in [-0.39, 0.29) is 49.7 Å². The number of aliphatic hydroxyl groups excluding tert-OH is 3. The summed E-state index contributed by atoms with van der Waals surface area (Å²) in [6.45, 7) is 3.60. The minimum Gasteiger partial charge on any atom is -0.508 e. The number of ether oxygens (including phenoxy) is 7. The van der Waals surface area contributed by atoms with E-state index in [1.165, 1.54) is 0 Å². The molecule has 302 valence electrons. The van der Waals surface area contributed by atoms with Gasteiger partial charge in [-0.2, -0.15) is 4.89 Å². The molecule has 3 aromatic carbocycles. The lowest BCUT2D eigenvalue weighted by Crippen LogP contribution is -2.60. The minimum absolute atomic E-state index is 0.0360. The third-order valence-corrected chi connectivity index (χ3v) is 9.82. The summed E-state index contributed by atoms with van der Waals surface area (Å²) in [5.74, 6) is 0.125. The van der Waals surface area contributed by atoms with Crippen molar-refractivity contribution in [3.05, 3.63) is 70.3 Å². The van der Waals surface area contributed by atoms with Crippen LogP contribution in [0.4, 0.5) is 0 Å². The Balaban J connectivity index is 1.18. The summed E-state index contributed by atoms with van der Waals surface area (Å²) in [6, 6.07) is 12.0. The second kappa shape index (κ2) is 16.7. The minimum atomic E-state index is -1.68. The zero-order valence-electron chi connectivity index (χ0n) is 30.7. The van der Waals surface area contributed by atoms with Crippen molar-refractivity contribution < 1.29 is 78.1 Å². The Morgan fingerprint density at radius 3 is 2.48 bits per heavy atom. The van der Waals surface area contributed by atoms with Crippen LogP contribution in [0, 0.1) is 5.92 Å². The largest absolute Gasteiger partial charge is 0.508 e. The number of aliphatic hydroxyl groups is 3. The highest BCUT2D eigenvalue weighted by molar-refractivity contribution is 5.90. The molecule has 0 amide bonds. The molecule has 4 aliphatic rings. The summed E-state index contributed by atoms with van der Waals surface area (Å²) >= 11 is 0. The molecule has 56 heavy (non-hydrogen) atoms. The van der Waals surface area contributed by atoms with E-state index in [9.17, 15) is 30.0 Å². The van der Waals surface area contributed by atoms with E-state index in [2.05, 4.69) is 13.8 Å². The Morgan fingerprint density at radius 2 is 1.77 bits per heavy atom. The molecule has 0 radical (unpaired) electrons. The van der Waals surface area contributed by atoms with Gasteiger partial charge in [0, 0.05) is 35.2 Å². The second-order valence-corrected chi connectivity index (χ2v) is 14.4. The summed E-state index contributed by atoms with van der Waals surface area (Å²) < 4.78 is 41.6. The first-order valence-corrected chi connectivity index (χ1v) is 18.4. The maximum atomic E-state index is 11.8. The Hall–Kier alpha value is -4.88. The van der Waals surface area contributed by atoms with Crippen molar-refractivity contribution in [1.29, 1.82) is 0 Å². The summed E-state index contributed by atoms with van der Waals surface area (Å²) in [5.41, 5.74) is 9.57. The number of esters is 1. The Bertz CT molecular complexity index is 1900. The third-order valence-electron chi connectivity index (χ3n) is 9.82. The van der Waals surface area contributed by atoms with Crippen molar-refractivity contribution >= 4 is 11.9 Å². The molecule has 0 bridgehead atoms. The molecule has 17 nitrogen and oxygen atoms in total. The first kappa shape index (κ1) is 39.4. The van der Waals surface area contributed by atoms with Crippen LogP contribution >= 0.6 is 0 Å². The molecule has 7 rings (SSSR count). The number of aliphatic carboxylic acids is 1. The lowest BCUT2D eigenvalue weighted by atomic mass is 9.86. The zero-order valence-corrected chi connectivity index (χ0v) is 30.7. The number of nitrogens with two attached hydrogens (primary N) is 1. The number of hydrogen-bond donors (Lipinski definition) is 6. The predicted molar refractivity (Wildman–Crippen MR) is 190 cm³/mol. The van der Waals surface area contributed by atoms with E-state index in [0.717, 1.165) is 16.7 Å². The number of carbonyl (C=O) groups is 2. The van der Waals surface area contributed by atoms with E-state index >= 15 is 0 Å². The average Bonchev–Trinajstić information content (AvgIpc) is 3.76. The zero-order chi connectivity index (χ0) is 39.7. The molecule has 7 N–H and O–H groups in total. The van der Waals surface area contributed by atoms with Crippen LogP contribution in [-0.4, -0.2) is 107 Å². The smallest absolute Gasteiger partial charge is 0.317 e. The van der Waals surface area contributed by atoms with Gasteiger partial charge >= 0.3 is 11.9 Å². The van der Waals surface area contributed by atoms with Crippen molar-refractivity contribution in [2.75, 3.05) is 33.0 Å². The number of hydrogen-bond acceptors (Lipinski definition) is 16. The van der Waals surface area contributed by atoms with Crippen molar-refractivity contribution in [3.63, 3.8) is 0 Å². The number of carbonyl (C=O) groups excluding carboxylic acids is 1. The van der Waals surface area contributed by atoms with Gasteiger partial charge in [-0.05, 0) is 48.2 Å². The molecular formula is C39H45NO16. The van der Waals surface area contributed by atoms with Crippen molar-refractivity contribution in [1.82, 2.24) is 0 Å². The molecule has 8 unspecified atom stereocenters. The third kappa shape index (κ3) is 8.15. The molecule has 17 heteroatoms. The second-order valence-electron chi connectivity index (χ2n) is 14.4. The highest BCUT2D eigenvalue weighted by atomic mass is 17.2. The van der Waals surface area contributed by atoms with Gasteiger partial charge in [-0.1, -0.05) is 26.0 Å². The number of phenolic OH excluding ortho intramolecular Hbond substituents is 1. The van der Waals surface area contributed by atoms with E-state index in [1.807, 2.05) is 6.07 Å². The van der Waals surface area contributed by atoms with Crippen LogP contribution < -0.4 is 29.6 Å². The van der Waals surface area contributed by atoms with Crippen LogP contribution in [-0.2, 0) is 41.5 Å². The Kier molecular flexibility index (Phi) is 11.7. The van der Waals surface area contributed by atoms with Crippen molar-refractivity contribution in [2.45, 2.75) is 82.1 Å². The maximum absolute atomic E-state index is 11.8. The summed E-state index contributed by atoms with van der Waals surface area (Å²) in [6.07, 6.45) is -8.69. The van der Waals surface area contributed by atoms with Crippen LogP contribution in [0.5, 0.6) is 34.5 Å². The normalized spacial score (nSPS) is 25.8. The Labute approximate surface area is 321 Å².